The van der Waals surface area contributed by atoms with Crippen molar-refractivity contribution in [2.24, 2.45) is 0 Å². The fourth-order valence-corrected chi connectivity index (χ4v) is 1.21. The molecule has 0 aromatic rings. The minimum atomic E-state index is 0.0949. The zero-order chi connectivity index (χ0) is 7.56. The molecule has 3 nitrogen and oxygen atoms in total. The van der Waals surface area contributed by atoms with Crippen molar-refractivity contribution in [1.29, 1.82) is 0 Å². The Bertz CT molecular complexity index is 136. The van der Waals surface area contributed by atoms with Gasteiger partial charge in [-0.05, 0) is 13.5 Å². The third kappa shape index (κ3) is 1.49. The normalized spacial score (nSPS) is 32.5. The molecule has 0 saturated carbocycles. The maximum Gasteiger partial charge on any atom is 0.102 e. The first-order chi connectivity index (χ1) is 4.74. The molecule has 10 heavy (non-hydrogen) atoms. The van der Waals surface area contributed by atoms with Crippen molar-refractivity contribution in [2.45, 2.75) is 18.5 Å². The van der Waals surface area contributed by atoms with E-state index in [-0.39, 0.29) is 11.8 Å². The van der Waals surface area contributed by atoms with E-state index in [1.54, 1.807) is 0 Å². The maximum atomic E-state index is 8.98. The largest absolute Gasteiger partial charge is 0.511 e. The lowest BCUT2D eigenvalue weighted by molar-refractivity contribution is 0.355. The molecule has 3 heteroatoms. The van der Waals surface area contributed by atoms with Crippen LogP contribution in [0.3, 0.4) is 0 Å². The predicted octanol–water partition coefficient (Wildman–Crippen LogP) is 0.00800. The lowest BCUT2D eigenvalue weighted by Crippen LogP contribution is -2.27. The highest BCUT2D eigenvalue weighted by atomic mass is 16.3. The van der Waals surface area contributed by atoms with Crippen LogP contribution >= 0.6 is 0 Å². The Morgan fingerprint density at radius 1 is 1.80 bits per heavy atom. The number of likely N-dealkylation sites (N-methyl/N-ethyl adjacent to an activating group) is 1. The highest BCUT2D eigenvalue weighted by molar-refractivity contribution is 5.01. The van der Waals surface area contributed by atoms with Gasteiger partial charge in [-0.15, -0.1) is 0 Å². The van der Waals surface area contributed by atoms with E-state index in [9.17, 15) is 0 Å². The van der Waals surface area contributed by atoms with Crippen molar-refractivity contribution >= 4 is 0 Å². The first kappa shape index (κ1) is 7.57. The molecule has 3 N–H and O–H groups in total. The summed E-state index contributed by atoms with van der Waals surface area (Å²) in [4.78, 5) is 0. The van der Waals surface area contributed by atoms with Crippen LogP contribution in [-0.2, 0) is 0 Å². The summed E-state index contributed by atoms with van der Waals surface area (Å²) in [6, 6.07) is 0.575. The van der Waals surface area contributed by atoms with Crippen LogP contribution in [0.2, 0.25) is 0 Å². The van der Waals surface area contributed by atoms with Crippen LogP contribution < -0.4 is 10.6 Å². The number of aliphatic hydroxyl groups is 1. The quantitative estimate of drug-likeness (QED) is 0.476. The second kappa shape index (κ2) is 3.03. The molecule has 0 aromatic carbocycles. The average Bonchev–Trinajstić information content (AvgIpc) is 2.34. The first-order valence-corrected chi connectivity index (χ1v) is 3.52. The van der Waals surface area contributed by atoms with Crippen LogP contribution in [0.15, 0.2) is 12.3 Å². The first-order valence-electron chi connectivity index (χ1n) is 3.52. The lowest BCUT2D eigenvalue weighted by atomic mass is 10.1. The second-order valence-electron chi connectivity index (χ2n) is 2.67. The third-order valence-corrected chi connectivity index (χ3v) is 1.94. The van der Waals surface area contributed by atoms with E-state index in [1.165, 1.54) is 0 Å². The van der Waals surface area contributed by atoms with Crippen LogP contribution in [0, 0.1) is 0 Å². The topological polar surface area (TPSA) is 44.3 Å². The van der Waals surface area contributed by atoms with Gasteiger partial charge in [-0.2, -0.15) is 0 Å². The Balaban J connectivity index is 2.35. The molecular formula is C7H14N2O. The van der Waals surface area contributed by atoms with E-state index in [0.29, 0.717) is 6.04 Å². The van der Waals surface area contributed by atoms with Crippen LogP contribution in [0.4, 0.5) is 0 Å². The summed E-state index contributed by atoms with van der Waals surface area (Å²) in [7, 11) is 1.93. The number of hydrogen-bond donors (Lipinski definition) is 3. The maximum absolute atomic E-state index is 8.98. The van der Waals surface area contributed by atoms with Crippen LogP contribution in [-0.4, -0.2) is 30.8 Å². The standard InChI is InChI=1S/C7H14N2O/c1-5(10)7-3-6(8-2)4-9-7/h6-10H,1,3-4H2,2H3/t6?,7-/m0/s1. The molecule has 0 amide bonds. The minimum absolute atomic E-state index is 0.0949. The van der Waals surface area contributed by atoms with Gasteiger partial charge >= 0.3 is 0 Å². The van der Waals surface area contributed by atoms with Crippen molar-refractivity contribution in [2.75, 3.05) is 13.6 Å². The average molecular weight is 142 g/mol. The Hall–Kier alpha value is -0.540. The summed E-state index contributed by atoms with van der Waals surface area (Å²) in [6.07, 6.45) is 0.936. The van der Waals surface area contributed by atoms with E-state index in [0.717, 1.165) is 13.0 Å². The van der Waals surface area contributed by atoms with Crippen LogP contribution in [0.25, 0.3) is 0 Å². The minimum Gasteiger partial charge on any atom is -0.511 e. The zero-order valence-electron chi connectivity index (χ0n) is 6.22. The van der Waals surface area contributed by atoms with E-state index < -0.39 is 0 Å². The van der Waals surface area contributed by atoms with Gasteiger partial charge in [-0.1, -0.05) is 6.58 Å². The molecule has 0 aliphatic carbocycles. The number of hydrogen-bond acceptors (Lipinski definition) is 3. The van der Waals surface area contributed by atoms with Gasteiger partial charge in [-0.3, -0.25) is 0 Å². The van der Waals surface area contributed by atoms with Gasteiger partial charge in [0.1, 0.15) is 5.76 Å². The predicted molar refractivity (Wildman–Crippen MR) is 41.0 cm³/mol. The Morgan fingerprint density at radius 2 is 2.50 bits per heavy atom. The van der Waals surface area contributed by atoms with Gasteiger partial charge < -0.3 is 15.7 Å². The number of nitrogens with one attached hydrogen (secondary N) is 2. The van der Waals surface area contributed by atoms with Crippen molar-refractivity contribution in [3.63, 3.8) is 0 Å². The lowest BCUT2D eigenvalue weighted by Gasteiger charge is -2.07. The van der Waals surface area contributed by atoms with E-state index >= 15 is 0 Å². The van der Waals surface area contributed by atoms with Gasteiger partial charge in [0.25, 0.3) is 0 Å². The number of aliphatic hydroxyl groups excluding tert-OH is 1. The van der Waals surface area contributed by atoms with Gasteiger partial charge in [-0.25, -0.2) is 0 Å². The molecule has 0 aromatic heterocycles. The summed E-state index contributed by atoms with van der Waals surface area (Å²) in [5.41, 5.74) is 0. The Kier molecular flexibility index (Phi) is 2.29. The molecule has 1 aliphatic rings. The monoisotopic (exact) mass is 142 g/mol. The zero-order valence-corrected chi connectivity index (χ0v) is 6.22. The molecule has 2 atom stereocenters. The molecule has 1 fully saturated rings. The van der Waals surface area contributed by atoms with Gasteiger partial charge in [0.15, 0.2) is 0 Å². The van der Waals surface area contributed by atoms with Crippen molar-refractivity contribution < 1.29 is 5.11 Å². The molecule has 58 valence electrons. The Morgan fingerprint density at radius 3 is 2.80 bits per heavy atom. The Labute approximate surface area is 61.1 Å². The smallest absolute Gasteiger partial charge is 0.102 e. The summed E-state index contributed by atoms with van der Waals surface area (Å²) < 4.78 is 0. The van der Waals surface area contributed by atoms with Gasteiger partial charge in [0, 0.05) is 12.6 Å². The highest BCUT2D eigenvalue weighted by Gasteiger charge is 2.23. The summed E-state index contributed by atoms with van der Waals surface area (Å²) >= 11 is 0. The van der Waals surface area contributed by atoms with E-state index in [1.807, 2.05) is 7.05 Å². The fourth-order valence-electron chi connectivity index (χ4n) is 1.21. The molecule has 0 bridgehead atoms. The van der Waals surface area contributed by atoms with Crippen molar-refractivity contribution in [3.05, 3.63) is 12.3 Å². The molecule has 1 aliphatic heterocycles. The van der Waals surface area contributed by atoms with E-state index in [4.69, 9.17) is 5.11 Å². The SMILES string of the molecule is C=C(O)[C@@H]1CC(NC)CN1. The third-order valence-electron chi connectivity index (χ3n) is 1.94. The summed E-state index contributed by atoms with van der Waals surface area (Å²) in [6.45, 7) is 4.39. The van der Waals surface area contributed by atoms with Crippen molar-refractivity contribution in [3.8, 4) is 0 Å². The molecule has 0 spiro atoms. The van der Waals surface area contributed by atoms with Crippen LogP contribution in [0.5, 0.6) is 0 Å². The molecule has 1 saturated heterocycles. The molecule has 1 heterocycles. The molecular weight excluding hydrogens is 128 g/mol. The van der Waals surface area contributed by atoms with Crippen LogP contribution in [0.1, 0.15) is 6.42 Å². The highest BCUT2D eigenvalue weighted by Crippen LogP contribution is 2.10. The van der Waals surface area contributed by atoms with Gasteiger partial charge in [0.2, 0.25) is 0 Å². The number of rotatable bonds is 2. The molecule has 0 radical (unpaired) electrons. The van der Waals surface area contributed by atoms with Crippen molar-refractivity contribution in [1.82, 2.24) is 10.6 Å². The fraction of sp³-hybridized carbons (Fsp3) is 0.714. The summed E-state index contributed by atoms with van der Waals surface area (Å²) in [5, 5.41) is 15.3. The summed E-state index contributed by atoms with van der Waals surface area (Å²) in [5.74, 6) is 0.248. The molecule has 1 unspecified atom stereocenters. The van der Waals surface area contributed by atoms with Gasteiger partial charge in [0.05, 0.1) is 6.04 Å². The second-order valence-corrected chi connectivity index (χ2v) is 2.67. The van der Waals surface area contributed by atoms with E-state index in [2.05, 4.69) is 17.2 Å². The molecule has 1 rings (SSSR count).